The van der Waals surface area contributed by atoms with E-state index in [1.54, 1.807) is 0 Å². The molecule has 0 aliphatic carbocycles. The molecular formula is C20H22N2O5S. The van der Waals surface area contributed by atoms with Crippen molar-refractivity contribution in [3.05, 3.63) is 53.6 Å². The summed E-state index contributed by atoms with van der Waals surface area (Å²) in [5, 5.41) is 0. The molecule has 28 heavy (non-hydrogen) atoms. The number of sulfonamides is 1. The molecule has 2 N–H and O–H groups in total. The number of hydrogen-bond donors (Lipinski definition) is 1. The molecule has 0 radical (unpaired) electrons. The van der Waals surface area contributed by atoms with Crippen molar-refractivity contribution < 1.29 is 22.7 Å². The Morgan fingerprint density at radius 3 is 2.43 bits per heavy atom. The first-order chi connectivity index (χ1) is 13.5. The maximum absolute atomic E-state index is 13.2. The number of fused-ring (bicyclic) bond motifs is 1. The van der Waals surface area contributed by atoms with Crippen LogP contribution in [-0.2, 0) is 10.0 Å². The standard InChI is InChI=1S/C20H22N2O5S/c21-20(23)14-4-7-16(8-5-14)28(24,25)22-10-1-3-17(22)15-6-9-18-19(13-15)27-12-2-11-26-18/h4-9,13,17H,1-3,10-12H2,(H2,21,23)/t17-/m0/s1. The molecule has 2 aliphatic rings. The summed E-state index contributed by atoms with van der Waals surface area (Å²) in [6.45, 7) is 1.63. The van der Waals surface area contributed by atoms with Gasteiger partial charge < -0.3 is 15.2 Å². The fourth-order valence-corrected chi connectivity index (χ4v) is 5.36. The lowest BCUT2D eigenvalue weighted by Gasteiger charge is -2.25. The lowest BCUT2D eigenvalue weighted by molar-refractivity contribution is 0.1000. The smallest absolute Gasteiger partial charge is 0.248 e. The molecule has 2 aromatic carbocycles. The zero-order chi connectivity index (χ0) is 19.7. The molecule has 1 atom stereocenters. The van der Waals surface area contributed by atoms with Crippen molar-refractivity contribution in [1.29, 1.82) is 0 Å². The van der Waals surface area contributed by atoms with Crippen molar-refractivity contribution >= 4 is 15.9 Å². The second kappa shape index (κ2) is 7.44. The van der Waals surface area contributed by atoms with Crippen LogP contribution in [0.2, 0.25) is 0 Å². The Morgan fingerprint density at radius 1 is 1.00 bits per heavy atom. The van der Waals surface area contributed by atoms with Crippen LogP contribution >= 0.6 is 0 Å². The van der Waals surface area contributed by atoms with Crippen LogP contribution in [0, 0.1) is 0 Å². The number of rotatable bonds is 4. The van der Waals surface area contributed by atoms with Crippen molar-refractivity contribution in [1.82, 2.24) is 4.31 Å². The van der Waals surface area contributed by atoms with E-state index in [0.717, 1.165) is 24.8 Å². The number of carbonyl (C=O) groups excluding carboxylic acids is 1. The molecule has 4 rings (SSSR count). The third-order valence-corrected chi connectivity index (χ3v) is 7.03. The largest absolute Gasteiger partial charge is 0.490 e. The Labute approximate surface area is 164 Å². The summed E-state index contributed by atoms with van der Waals surface area (Å²) in [6.07, 6.45) is 2.32. The fraction of sp³-hybridized carbons (Fsp3) is 0.350. The normalized spacial score (nSPS) is 19.9. The Bertz CT molecular complexity index is 988. The quantitative estimate of drug-likeness (QED) is 0.847. The van der Waals surface area contributed by atoms with Gasteiger partial charge in [-0.2, -0.15) is 4.31 Å². The molecule has 0 aromatic heterocycles. The summed E-state index contributed by atoms with van der Waals surface area (Å²) < 4.78 is 39.3. The number of benzene rings is 2. The third-order valence-electron chi connectivity index (χ3n) is 5.11. The Balaban J connectivity index is 1.64. The molecule has 148 valence electrons. The fourth-order valence-electron chi connectivity index (χ4n) is 3.67. The molecule has 0 spiro atoms. The first kappa shape index (κ1) is 18.8. The first-order valence-electron chi connectivity index (χ1n) is 9.28. The van der Waals surface area contributed by atoms with Gasteiger partial charge in [0.1, 0.15) is 0 Å². The molecule has 1 amide bonds. The molecule has 1 saturated heterocycles. The van der Waals surface area contributed by atoms with Gasteiger partial charge in [0, 0.05) is 18.5 Å². The van der Waals surface area contributed by atoms with Crippen molar-refractivity contribution in [2.75, 3.05) is 19.8 Å². The van der Waals surface area contributed by atoms with Gasteiger partial charge in [-0.05, 0) is 54.8 Å². The highest BCUT2D eigenvalue weighted by atomic mass is 32.2. The predicted octanol–water partition coefficient (Wildman–Crippen LogP) is 2.47. The van der Waals surface area contributed by atoms with E-state index in [1.165, 1.54) is 28.6 Å². The zero-order valence-electron chi connectivity index (χ0n) is 15.3. The van der Waals surface area contributed by atoms with Crippen LogP contribution in [0.4, 0.5) is 0 Å². The Kier molecular flexibility index (Phi) is 4.99. The lowest BCUT2D eigenvalue weighted by atomic mass is 10.0. The second-order valence-corrected chi connectivity index (χ2v) is 8.81. The van der Waals surface area contributed by atoms with Crippen LogP contribution < -0.4 is 15.2 Å². The highest BCUT2D eigenvalue weighted by molar-refractivity contribution is 7.89. The van der Waals surface area contributed by atoms with Crippen molar-refractivity contribution in [2.24, 2.45) is 5.73 Å². The summed E-state index contributed by atoms with van der Waals surface area (Å²) in [4.78, 5) is 11.4. The van der Waals surface area contributed by atoms with Gasteiger partial charge in [0.2, 0.25) is 15.9 Å². The molecule has 0 unspecified atom stereocenters. The van der Waals surface area contributed by atoms with Gasteiger partial charge in [-0.1, -0.05) is 6.07 Å². The van der Waals surface area contributed by atoms with Crippen LogP contribution in [-0.4, -0.2) is 38.4 Å². The van der Waals surface area contributed by atoms with Crippen LogP contribution in [0.25, 0.3) is 0 Å². The molecular weight excluding hydrogens is 380 g/mol. The van der Waals surface area contributed by atoms with Gasteiger partial charge in [-0.3, -0.25) is 4.79 Å². The molecule has 2 heterocycles. The topological polar surface area (TPSA) is 98.9 Å². The van der Waals surface area contributed by atoms with Crippen LogP contribution in [0.1, 0.15) is 41.2 Å². The van der Waals surface area contributed by atoms with Gasteiger partial charge in [0.05, 0.1) is 24.2 Å². The summed E-state index contributed by atoms with van der Waals surface area (Å²) in [5.74, 6) is 0.760. The molecule has 1 fully saturated rings. The number of primary amides is 1. The average Bonchev–Trinajstić information content (AvgIpc) is 3.08. The minimum atomic E-state index is -3.70. The van der Waals surface area contributed by atoms with Crippen LogP contribution in [0.15, 0.2) is 47.4 Å². The maximum atomic E-state index is 13.2. The highest BCUT2D eigenvalue weighted by Gasteiger charge is 2.36. The van der Waals surface area contributed by atoms with Gasteiger partial charge >= 0.3 is 0 Å². The average molecular weight is 402 g/mol. The van der Waals surface area contributed by atoms with E-state index < -0.39 is 15.9 Å². The first-order valence-corrected chi connectivity index (χ1v) is 10.7. The zero-order valence-corrected chi connectivity index (χ0v) is 16.2. The van der Waals surface area contributed by atoms with Gasteiger partial charge in [0.15, 0.2) is 11.5 Å². The molecule has 0 bridgehead atoms. The summed E-state index contributed by atoms with van der Waals surface area (Å²) in [5.41, 5.74) is 6.40. The van der Waals surface area contributed by atoms with Crippen LogP contribution in [0.3, 0.4) is 0 Å². The van der Waals surface area contributed by atoms with E-state index in [-0.39, 0.29) is 16.5 Å². The van der Waals surface area contributed by atoms with Gasteiger partial charge in [-0.15, -0.1) is 0 Å². The number of amides is 1. The second-order valence-electron chi connectivity index (χ2n) is 6.92. The van der Waals surface area contributed by atoms with E-state index >= 15 is 0 Å². The molecule has 8 heteroatoms. The summed E-state index contributed by atoms with van der Waals surface area (Å²) in [6, 6.07) is 11.1. The summed E-state index contributed by atoms with van der Waals surface area (Å²) >= 11 is 0. The van der Waals surface area contributed by atoms with E-state index in [4.69, 9.17) is 15.2 Å². The van der Waals surface area contributed by atoms with E-state index in [1.807, 2.05) is 18.2 Å². The summed E-state index contributed by atoms with van der Waals surface area (Å²) in [7, 11) is -3.70. The monoisotopic (exact) mass is 402 g/mol. The minimum absolute atomic E-state index is 0.152. The molecule has 2 aliphatic heterocycles. The molecule has 0 saturated carbocycles. The van der Waals surface area contributed by atoms with Crippen molar-refractivity contribution in [3.8, 4) is 11.5 Å². The Hall–Kier alpha value is -2.58. The predicted molar refractivity (Wildman–Crippen MR) is 103 cm³/mol. The van der Waals surface area contributed by atoms with E-state index in [2.05, 4.69) is 0 Å². The number of nitrogens with two attached hydrogens (primary N) is 1. The molecule has 7 nitrogen and oxygen atoms in total. The van der Waals surface area contributed by atoms with E-state index in [9.17, 15) is 13.2 Å². The third kappa shape index (κ3) is 3.45. The van der Waals surface area contributed by atoms with E-state index in [0.29, 0.717) is 31.3 Å². The molecule has 2 aromatic rings. The Morgan fingerprint density at radius 2 is 1.71 bits per heavy atom. The van der Waals surface area contributed by atoms with Crippen molar-refractivity contribution in [3.63, 3.8) is 0 Å². The van der Waals surface area contributed by atoms with Crippen molar-refractivity contribution in [2.45, 2.75) is 30.2 Å². The number of hydrogen-bond acceptors (Lipinski definition) is 5. The van der Waals surface area contributed by atoms with Gasteiger partial charge in [0.25, 0.3) is 0 Å². The number of nitrogens with zero attached hydrogens (tertiary/aromatic N) is 1. The number of ether oxygens (including phenoxy) is 2. The SMILES string of the molecule is NC(=O)c1ccc(S(=O)(=O)N2CCC[C@H]2c2ccc3c(c2)OCCCO3)cc1. The highest BCUT2D eigenvalue weighted by Crippen LogP contribution is 2.40. The van der Waals surface area contributed by atoms with Crippen LogP contribution in [0.5, 0.6) is 11.5 Å². The van der Waals surface area contributed by atoms with Gasteiger partial charge in [-0.25, -0.2) is 8.42 Å². The number of carbonyl (C=O) groups is 1. The maximum Gasteiger partial charge on any atom is 0.248 e. The lowest BCUT2D eigenvalue weighted by Crippen LogP contribution is -2.30. The minimum Gasteiger partial charge on any atom is -0.490 e.